The fourth-order valence-electron chi connectivity index (χ4n) is 10.6. The Hall–Kier alpha value is -7.03. The van der Waals surface area contributed by atoms with E-state index in [1.807, 2.05) is 86.6 Å². The van der Waals surface area contributed by atoms with Crippen LogP contribution in [0.4, 0.5) is 9.59 Å². The SMILES string of the molecule is CCCCNC(=O)O[C@@H]1C[C@@H](C(O)(c2ccccc2)c2ccccc2)N(C(=O)c2cc(C(=O)N3CCCCC3)cc(C(=O)N3C[C@H](OC(=O)NCCCC)C[C@H]3C(O)(c3ccccc3)c3ccccc3)c2)C1. The molecular weight excluding hydrogens is 911 g/mol. The van der Waals surface area contributed by atoms with Crippen LogP contribution in [0.1, 0.15) is 125 Å². The van der Waals surface area contributed by atoms with Crippen molar-refractivity contribution in [3.8, 4) is 0 Å². The summed E-state index contributed by atoms with van der Waals surface area (Å²) in [7, 11) is 0. The average molecular weight is 978 g/mol. The van der Waals surface area contributed by atoms with Crippen LogP contribution in [0.15, 0.2) is 140 Å². The van der Waals surface area contributed by atoms with E-state index in [0.717, 1.165) is 44.9 Å². The van der Waals surface area contributed by atoms with Gasteiger partial charge in [0.1, 0.15) is 23.4 Å². The maximum absolute atomic E-state index is 15.6. The molecule has 3 aliphatic heterocycles. The van der Waals surface area contributed by atoms with E-state index in [1.165, 1.54) is 28.0 Å². The molecular formula is C58H67N5O9. The molecule has 3 saturated heterocycles. The summed E-state index contributed by atoms with van der Waals surface area (Å²) in [5.41, 5.74) is -1.45. The van der Waals surface area contributed by atoms with Crippen molar-refractivity contribution in [3.63, 3.8) is 0 Å². The molecule has 3 fully saturated rings. The fourth-order valence-corrected chi connectivity index (χ4v) is 10.6. The minimum atomic E-state index is -1.81. The van der Waals surface area contributed by atoms with Gasteiger partial charge in [0.2, 0.25) is 0 Å². The second-order valence-electron chi connectivity index (χ2n) is 19.2. The summed E-state index contributed by atoms with van der Waals surface area (Å²) >= 11 is 0. The Bertz CT molecular complexity index is 2390. The molecule has 3 aliphatic rings. The summed E-state index contributed by atoms with van der Waals surface area (Å²) < 4.78 is 12.0. The van der Waals surface area contributed by atoms with E-state index in [4.69, 9.17) is 9.47 Å². The second kappa shape index (κ2) is 23.5. The van der Waals surface area contributed by atoms with E-state index >= 15 is 9.59 Å². The predicted molar refractivity (Wildman–Crippen MR) is 273 cm³/mol. The molecule has 0 bridgehead atoms. The molecule has 0 aromatic heterocycles. The number of amides is 5. The number of likely N-dealkylation sites (tertiary alicyclic amines) is 3. The van der Waals surface area contributed by atoms with Crippen molar-refractivity contribution in [1.29, 1.82) is 0 Å². The summed E-state index contributed by atoms with van der Waals surface area (Å²) in [6.45, 7) is 5.65. The van der Waals surface area contributed by atoms with Crippen LogP contribution in [-0.4, -0.2) is 118 Å². The molecule has 0 saturated carbocycles. The molecule has 5 aromatic carbocycles. The van der Waals surface area contributed by atoms with Crippen LogP contribution >= 0.6 is 0 Å². The molecule has 8 rings (SSSR count). The third kappa shape index (κ3) is 11.2. The first-order valence-corrected chi connectivity index (χ1v) is 25.6. The van der Waals surface area contributed by atoms with E-state index in [-0.39, 0.29) is 48.5 Å². The van der Waals surface area contributed by atoms with E-state index in [9.17, 15) is 24.6 Å². The van der Waals surface area contributed by atoms with Gasteiger partial charge >= 0.3 is 12.2 Å². The lowest BCUT2D eigenvalue weighted by Crippen LogP contribution is -2.51. The Kier molecular flexibility index (Phi) is 16.7. The van der Waals surface area contributed by atoms with Crippen LogP contribution in [-0.2, 0) is 20.7 Å². The van der Waals surface area contributed by atoms with Crippen molar-refractivity contribution in [2.45, 2.75) is 107 Å². The van der Waals surface area contributed by atoms with Gasteiger partial charge in [-0.2, -0.15) is 0 Å². The molecule has 0 radical (unpaired) electrons. The Labute approximate surface area is 422 Å². The van der Waals surface area contributed by atoms with Crippen LogP contribution in [0.25, 0.3) is 0 Å². The zero-order valence-electron chi connectivity index (χ0n) is 41.3. The van der Waals surface area contributed by atoms with Gasteiger partial charge in [-0.15, -0.1) is 0 Å². The summed E-state index contributed by atoms with van der Waals surface area (Å²) in [6.07, 6.45) is 2.97. The highest BCUT2D eigenvalue weighted by Gasteiger charge is 2.53. The number of benzene rings is 5. The van der Waals surface area contributed by atoms with Crippen molar-refractivity contribution in [1.82, 2.24) is 25.3 Å². The number of nitrogens with zero attached hydrogens (tertiary/aromatic N) is 3. The van der Waals surface area contributed by atoms with Gasteiger partial charge in [-0.1, -0.05) is 148 Å². The normalized spacial score (nSPS) is 19.1. The van der Waals surface area contributed by atoms with Crippen LogP contribution < -0.4 is 10.6 Å². The zero-order valence-corrected chi connectivity index (χ0v) is 41.3. The van der Waals surface area contributed by atoms with Crippen molar-refractivity contribution < 1.29 is 43.7 Å². The molecule has 3 heterocycles. The molecule has 0 unspecified atom stereocenters. The maximum Gasteiger partial charge on any atom is 0.407 e. The summed E-state index contributed by atoms with van der Waals surface area (Å²) in [5.74, 6) is -1.55. The minimum Gasteiger partial charge on any atom is -0.444 e. The summed E-state index contributed by atoms with van der Waals surface area (Å²) in [5, 5.41) is 32.1. The van der Waals surface area contributed by atoms with Gasteiger partial charge in [0.25, 0.3) is 17.7 Å². The molecule has 0 aliphatic carbocycles. The first-order valence-electron chi connectivity index (χ1n) is 25.6. The van der Waals surface area contributed by atoms with Crippen LogP contribution in [0, 0.1) is 0 Å². The van der Waals surface area contributed by atoms with Gasteiger partial charge in [-0.25, -0.2) is 9.59 Å². The van der Waals surface area contributed by atoms with Crippen molar-refractivity contribution >= 4 is 29.9 Å². The number of alkyl carbamates (subject to hydrolysis) is 2. The number of piperidine rings is 1. The van der Waals surface area contributed by atoms with E-state index < -0.39 is 59.5 Å². The highest BCUT2D eigenvalue weighted by molar-refractivity contribution is 6.05. The Morgan fingerprint density at radius 2 is 0.847 bits per heavy atom. The molecule has 4 atom stereocenters. The molecule has 0 spiro atoms. The first kappa shape index (κ1) is 51.3. The molecule has 5 aromatic rings. The maximum atomic E-state index is 15.6. The summed E-state index contributed by atoms with van der Waals surface area (Å²) in [6, 6.07) is 38.6. The Morgan fingerprint density at radius 3 is 1.18 bits per heavy atom. The van der Waals surface area contributed by atoms with Crippen molar-refractivity contribution in [3.05, 3.63) is 178 Å². The standard InChI is InChI=1S/C58H67N5O9/c1-3-5-30-59-55(67)71-48-37-50(57(69,44-22-12-7-13-23-44)45-24-14-8-15-25-45)62(39-48)53(65)42-34-41(52(64)61-32-20-11-21-33-61)35-43(36-42)54(66)63-40-49(72-56(68)60-31-6-4-2)38-51(63)58(70,46-26-16-9-17-27-46)47-28-18-10-19-29-47/h7-10,12-19,22-29,34-36,48-51,69-70H,3-6,11,20-21,30-33,37-40H2,1-2H3,(H,59,67)(H,60,68)/t48-,49-,50+,51+/m1/s1. The van der Waals surface area contributed by atoms with Crippen LogP contribution in [0.5, 0.6) is 0 Å². The molecule has 14 nitrogen and oxygen atoms in total. The molecule has 4 N–H and O–H groups in total. The summed E-state index contributed by atoms with van der Waals surface area (Å²) in [4.78, 5) is 77.0. The van der Waals surface area contributed by atoms with Gasteiger partial charge in [-0.3, -0.25) is 14.4 Å². The zero-order chi connectivity index (χ0) is 50.7. The lowest BCUT2D eigenvalue weighted by atomic mass is 9.78. The van der Waals surface area contributed by atoms with Crippen molar-refractivity contribution in [2.24, 2.45) is 0 Å². The van der Waals surface area contributed by atoms with Gasteiger partial charge in [0.15, 0.2) is 0 Å². The monoisotopic (exact) mass is 977 g/mol. The number of carbonyl (C=O) groups is 5. The number of hydrogen-bond donors (Lipinski definition) is 4. The van der Waals surface area contributed by atoms with Crippen LogP contribution in [0.2, 0.25) is 0 Å². The quantitative estimate of drug-likeness (QED) is 0.0667. The Balaban J connectivity index is 1.23. The van der Waals surface area contributed by atoms with E-state index in [1.54, 1.807) is 53.4 Å². The number of nitrogens with one attached hydrogen (secondary N) is 2. The highest BCUT2D eigenvalue weighted by atomic mass is 16.6. The van der Waals surface area contributed by atoms with Gasteiger partial charge < -0.3 is 45.0 Å². The highest BCUT2D eigenvalue weighted by Crippen LogP contribution is 2.44. The molecule has 14 heteroatoms. The fraction of sp³-hybridized carbons (Fsp3) is 0.397. The number of unbranched alkanes of at least 4 members (excludes halogenated alkanes) is 2. The number of rotatable bonds is 17. The lowest BCUT2D eigenvalue weighted by molar-refractivity contribution is -0.00153. The molecule has 5 amide bonds. The van der Waals surface area contributed by atoms with Gasteiger partial charge in [0, 0.05) is 55.7 Å². The minimum absolute atomic E-state index is 0.00274. The third-order valence-corrected chi connectivity index (χ3v) is 14.3. The molecule has 378 valence electrons. The first-order chi connectivity index (χ1) is 34.9. The van der Waals surface area contributed by atoms with Crippen molar-refractivity contribution in [2.75, 3.05) is 39.3 Å². The average Bonchev–Trinajstić information content (AvgIpc) is 4.06. The number of carbonyl (C=O) groups excluding carboxylic acids is 5. The smallest absolute Gasteiger partial charge is 0.407 e. The molecule has 72 heavy (non-hydrogen) atoms. The number of ether oxygens (including phenoxy) is 2. The Morgan fingerprint density at radius 1 is 0.514 bits per heavy atom. The van der Waals surface area contributed by atoms with E-state index in [2.05, 4.69) is 10.6 Å². The largest absolute Gasteiger partial charge is 0.444 e. The topological polar surface area (TPSA) is 178 Å². The van der Waals surface area contributed by atoms with Gasteiger partial charge in [-0.05, 0) is 72.6 Å². The lowest BCUT2D eigenvalue weighted by Gasteiger charge is -2.40. The second-order valence-corrected chi connectivity index (χ2v) is 19.2. The number of hydrogen-bond acceptors (Lipinski definition) is 9. The third-order valence-electron chi connectivity index (χ3n) is 14.3. The van der Waals surface area contributed by atoms with Gasteiger partial charge in [0.05, 0.1) is 25.2 Å². The predicted octanol–water partition coefficient (Wildman–Crippen LogP) is 8.40. The van der Waals surface area contributed by atoms with Crippen LogP contribution in [0.3, 0.4) is 0 Å². The van der Waals surface area contributed by atoms with E-state index in [0.29, 0.717) is 48.4 Å². The number of aliphatic hydroxyl groups is 2.